The van der Waals surface area contributed by atoms with E-state index in [9.17, 15) is 20.4 Å². The van der Waals surface area contributed by atoms with Crippen LogP contribution in [0.4, 0.5) is 0 Å². The van der Waals surface area contributed by atoms with Crippen LogP contribution >= 0.6 is 0 Å². The Morgan fingerprint density at radius 2 is 1.08 bits per heavy atom. The van der Waals surface area contributed by atoms with Crippen molar-refractivity contribution in [3.05, 3.63) is 71.3 Å². The highest BCUT2D eigenvalue weighted by Crippen LogP contribution is 2.52. The average Bonchev–Trinajstić information content (AvgIpc) is 2.57. The number of fused-ring (bicyclic) bond motifs is 2. The van der Waals surface area contributed by atoms with Crippen molar-refractivity contribution in [1.29, 1.82) is 0 Å². The maximum atomic E-state index is 9.89. The lowest BCUT2D eigenvalue weighted by Gasteiger charge is -2.29. The first-order valence-corrected chi connectivity index (χ1v) is 7.39. The fourth-order valence-corrected chi connectivity index (χ4v) is 3.07. The van der Waals surface area contributed by atoms with Gasteiger partial charge in [0, 0.05) is 29.2 Å². The van der Waals surface area contributed by atoms with Gasteiger partial charge in [0.05, 0.1) is 0 Å². The van der Waals surface area contributed by atoms with Crippen LogP contribution in [-0.4, -0.2) is 20.4 Å². The molecule has 24 heavy (non-hydrogen) atoms. The van der Waals surface area contributed by atoms with Gasteiger partial charge in [0.1, 0.15) is 11.5 Å². The van der Waals surface area contributed by atoms with E-state index < -0.39 is 0 Å². The molecule has 4 N–H and O–H groups in total. The van der Waals surface area contributed by atoms with Crippen molar-refractivity contribution in [1.82, 2.24) is 0 Å². The Hall–Kier alpha value is -3.34. The van der Waals surface area contributed by atoms with Crippen molar-refractivity contribution >= 4 is 0 Å². The molecule has 5 nitrogen and oxygen atoms in total. The number of phenolic OH excluding ortho intramolecular Hbond substituents is 4. The van der Waals surface area contributed by atoms with Crippen molar-refractivity contribution in [2.24, 2.45) is 0 Å². The minimum absolute atomic E-state index is 0.246. The third-order valence-corrected chi connectivity index (χ3v) is 4.19. The van der Waals surface area contributed by atoms with Crippen LogP contribution in [0.5, 0.6) is 34.5 Å². The van der Waals surface area contributed by atoms with E-state index in [1.807, 2.05) is 30.3 Å². The number of ether oxygens (including phenoxy) is 1. The largest absolute Gasteiger partial charge is 0.504 e. The summed E-state index contributed by atoms with van der Waals surface area (Å²) in [5, 5.41) is 39.3. The lowest BCUT2D eigenvalue weighted by molar-refractivity contribution is 0.384. The van der Waals surface area contributed by atoms with Gasteiger partial charge in [-0.2, -0.15) is 0 Å². The zero-order chi connectivity index (χ0) is 16.8. The van der Waals surface area contributed by atoms with Gasteiger partial charge in [-0.3, -0.25) is 0 Å². The van der Waals surface area contributed by atoms with Gasteiger partial charge in [-0.1, -0.05) is 30.3 Å². The standard InChI is InChI=1S/C19H14O5/c20-13-6-11-17(8-15(13)22)24-18-9-16(23)14(21)7-12(18)19(11)10-4-2-1-3-5-10/h1-9,19-23H. The average molecular weight is 322 g/mol. The van der Waals surface area contributed by atoms with Gasteiger partial charge in [-0.15, -0.1) is 0 Å². The molecule has 3 aromatic rings. The highest BCUT2D eigenvalue weighted by molar-refractivity contribution is 5.64. The van der Waals surface area contributed by atoms with E-state index >= 15 is 0 Å². The van der Waals surface area contributed by atoms with Crippen LogP contribution in [0.3, 0.4) is 0 Å². The molecule has 0 aromatic heterocycles. The van der Waals surface area contributed by atoms with Gasteiger partial charge in [0.2, 0.25) is 0 Å². The van der Waals surface area contributed by atoms with E-state index in [-0.39, 0.29) is 28.9 Å². The third-order valence-electron chi connectivity index (χ3n) is 4.19. The van der Waals surface area contributed by atoms with Crippen LogP contribution in [0.25, 0.3) is 0 Å². The molecule has 5 heteroatoms. The quantitative estimate of drug-likeness (QED) is 0.400. The van der Waals surface area contributed by atoms with E-state index in [0.717, 1.165) is 5.56 Å². The highest BCUT2D eigenvalue weighted by atomic mass is 16.5. The van der Waals surface area contributed by atoms with Crippen LogP contribution in [-0.2, 0) is 0 Å². The van der Waals surface area contributed by atoms with Gasteiger partial charge in [-0.05, 0) is 17.7 Å². The van der Waals surface area contributed by atoms with E-state index in [4.69, 9.17) is 4.74 Å². The van der Waals surface area contributed by atoms with Gasteiger partial charge in [0.15, 0.2) is 23.0 Å². The van der Waals surface area contributed by atoms with Crippen molar-refractivity contribution in [3.63, 3.8) is 0 Å². The second-order valence-electron chi connectivity index (χ2n) is 5.70. The molecule has 4 rings (SSSR count). The van der Waals surface area contributed by atoms with Crippen molar-refractivity contribution < 1.29 is 25.2 Å². The Labute approximate surface area is 137 Å². The summed E-state index contributed by atoms with van der Waals surface area (Å²) in [5.41, 5.74) is 2.25. The minimum Gasteiger partial charge on any atom is -0.504 e. The molecule has 120 valence electrons. The van der Waals surface area contributed by atoms with Crippen LogP contribution in [0.2, 0.25) is 0 Å². The molecule has 0 amide bonds. The maximum Gasteiger partial charge on any atom is 0.161 e. The Morgan fingerprint density at radius 1 is 0.625 bits per heavy atom. The van der Waals surface area contributed by atoms with E-state index in [0.29, 0.717) is 22.6 Å². The molecule has 3 aromatic carbocycles. The first kappa shape index (κ1) is 14.3. The van der Waals surface area contributed by atoms with E-state index in [1.54, 1.807) is 0 Å². The molecule has 0 saturated carbocycles. The molecule has 0 bridgehead atoms. The SMILES string of the molecule is Oc1cc2c(cc1O)C(c1ccccc1)c1cc(O)c(O)cc1O2. The first-order chi connectivity index (χ1) is 11.5. The predicted octanol–water partition coefficient (Wildman–Crippen LogP) is 3.79. The number of hydrogen-bond acceptors (Lipinski definition) is 5. The number of phenols is 4. The smallest absolute Gasteiger partial charge is 0.161 e. The Bertz CT molecular complexity index is 877. The lowest BCUT2D eigenvalue weighted by atomic mass is 9.82. The summed E-state index contributed by atoms with van der Waals surface area (Å²) < 4.78 is 5.76. The fourth-order valence-electron chi connectivity index (χ4n) is 3.07. The summed E-state index contributed by atoms with van der Waals surface area (Å²) >= 11 is 0. The zero-order valence-corrected chi connectivity index (χ0v) is 12.5. The Balaban J connectivity index is 2.01. The van der Waals surface area contributed by atoms with Crippen LogP contribution in [0.15, 0.2) is 54.6 Å². The highest BCUT2D eigenvalue weighted by Gasteiger charge is 2.31. The molecule has 0 atom stereocenters. The van der Waals surface area contributed by atoms with Crippen molar-refractivity contribution in [3.8, 4) is 34.5 Å². The first-order valence-electron chi connectivity index (χ1n) is 7.39. The molecule has 0 aliphatic carbocycles. The number of benzene rings is 3. The monoisotopic (exact) mass is 322 g/mol. The Morgan fingerprint density at radius 3 is 1.58 bits per heavy atom. The van der Waals surface area contributed by atoms with Crippen molar-refractivity contribution in [2.75, 3.05) is 0 Å². The molecule has 1 heterocycles. The zero-order valence-electron chi connectivity index (χ0n) is 12.5. The van der Waals surface area contributed by atoms with Crippen LogP contribution in [0.1, 0.15) is 22.6 Å². The lowest BCUT2D eigenvalue weighted by Crippen LogP contribution is -2.11. The molecule has 1 aliphatic rings. The number of aromatic hydroxyl groups is 4. The molecule has 1 aliphatic heterocycles. The number of rotatable bonds is 1. The van der Waals surface area contributed by atoms with Crippen LogP contribution < -0.4 is 4.74 Å². The molecule has 0 fully saturated rings. The maximum absolute atomic E-state index is 9.89. The van der Waals surface area contributed by atoms with Gasteiger partial charge < -0.3 is 25.2 Å². The van der Waals surface area contributed by atoms with Gasteiger partial charge in [0.25, 0.3) is 0 Å². The molecule has 0 radical (unpaired) electrons. The molecular weight excluding hydrogens is 308 g/mol. The molecule has 0 spiro atoms. The number of hydrogen-bond donors (Lipinski definition) is 4. The van der Waals surface area contributed by atoms with Crippen LogP contribution in [0, 0.1) is 0 Å². The second-order valence-corrected chi connectivity index (χ2v) is 5.70. The summed E-state index contributed by atoms with van der Waals surface area (Å²) in [5.74, 6) is -0.607. The Kier molecular flexibility index (Phi) is 3.03. The predicted molar refractivity (Wildman–Crippen MR) is 87.0 cm³/mol. The summed E-state index contributed by atoms with van der Waals surface area (Å²) in [6, 6.07) is 15.1. The molecule has 0 unspecified atom stereocenters. The third kappa shape index (κ3) is 2.10. The minimum atomic E-state index is -0.317. The van der Waals surface area contributed by atoms with E-state index in [2.05, 4.69) is 0 Å². The summed E-state index contributed by atoms with van der Waals surface area (Å²) in [4.78, 5) is 0. The molecular formula is C19H14O5. The van der Waals surface area contributed by atoms with Crippen molar-refractivity contribution in [2.45, 2.75) is 5.92 Å². The fraction of sp³-hybridized carbons (Fsp3) is 0.0526. The summed E-state index contributed by atoms with van der Waals surface area (Å²) in [6.07, 6.45) is 0. The topological polar surface area (TPSA) is 90.2 Å². The van der Waals surface area contributed by atoms with E-state index in [1.165, 1.54) is 24.3 Å². The van der Waals surface area contributed by atoms with Gasteiger partial charge >= 0.3 is 0 Å². The second kappa shape index (κ2) is 5.09. The normalized spacial score (nSPS) is 13.0. The molecule has 0 saturated heterocycles. The summed E-state index contributed by atoms with van der Waals surface area (Å²) in [6.45, 7) is 0. The summed E-state index contributed by atoms with van der Waals surface area (Å²) in [7, 11) is 0. The van der Waals surface area contributed by atoms with Gasteiger partial charge in [-0.25, -0.2) is 0 Å².